The van der Waals surface area contributed by atoms with Crippen LogP contribution in [0.3, 0.4) is 0 Å². The Morgan fingerprint density at radius 1 is 1.15 bits per heavy atom. The molecule has 0 saturated heterocycles. The summed E-state index contributed by atoms with van der Waals surface area (Å²) in [4.78, 5) is 0. The highest BCUT2D eigenvalue weighted by molar-refractivity contribution is 6.20. The molecule has 0 aromatic heterocycles. The van der Waals surface area contributed by atoms with E-state index >= 15 is 0 Å². The van der Waals surface area contributed by atoms with Gasteiger partial charge in [0.1, 0.15) is 0 Å². The number of ether oxygens (including phenoxy) is 2. The predicted molar refractivity (Wildman–Crippen MR) is 83.9 cm³/mol. The van der Waals surface area contributed by atoms with Crippen molar-refractivity contribution in [3.8, 4) is 11.5 Å². The smallest absolute Gasteiger partial charge is 0.161 e. The van der Waals surface area contributed by atoms with Crippen LogP contribution in [0.1, 0.15) is 39.5 Å². The molecule has 0 radical (unpaired) electrons. The molecule has 0 N–H and O–H groups in total. The highest BCUT2D eigenvalue weighted by Gasteiger charge is 2.26. The maximum atomic E-state index is 6.43. The van der Waals surface area contributed by atoms with Gasteiger partial charge in [0.05, 0.1) is 13.2 Å². The van der Waals surface area contributed by atoms with Gasteiger partial charge in [0.15, 0.2) is 11.5 Å². The zero-order valence-electron chi connectivity index (χ0n) is 12.5. The number of alkyl halides is 1. The van der Waals surface area contributed by atoms with Crippen LogP contribution in [0.15, 0.2) is 24.3 Å². The first kappa shape index (κ1) is 15.5. The molecular weight excluding hydrogens is 272 g/mol. The molecule has 1 aromatic rings. The topological polar surface area (TPSA) is 18.5 Å². The van der Waals surface area contributed by atoms with Gasteiger partial charge in [-0.3, -0.25) is 0 Å². The first-order valence-corrected chi connectivity index (χ1v) is 8.13. The molecule has 0 bridgehead atoms. The molecule has 1 aliphatic rings. The van der Waals surface area contributed by atoms with Gasteiger partial charge in [0, 0.05) is 5.38 Å². The van der Waals surface area contributed by atoms with E-state index < -0.39 is 0 Å². The molecule has 0 heterocycles. The van der Waals surface area contributed by atoms with E-state index in [-0.39, 0.29) is 0 Å². The minimum Gasteiger partial charge on any atom is -0.490 e. The van der Waals surface area contributed by atoms with E-state index in [1.165, 1.54) is 12.8 Å². The van der Waals surface area contributed by atoms with Crippen molar-refractivity contribution in [2.75, 3.05) is 13.2 Å². The molecule has 1 aromatic carbocycles. The third-order valence-corrected chi connectivity index (χ3v) is 4.62. The Morgan fingerprint density at radius 3 is 2.55 bits per heavy atom. The summed E-state index contributed by atoms with van der Waals surface area (Å²) in [6.07, 6.45) is 4.66. The first-order chi connectivity index (χ1) is 9.70. The standard InChI is InChI=1S/C17H25ClO2/c1-3-19-16-6-4-5-7-17(16)20-11-10-14-12-13(2)8-9-15(14)18/h4-7,13-15H,3,8-12H2,1-2H3. The van der Waals surface area contributed by atoms with E-state index in [1.807, 2.05) is 31.2 Å². The van der Waals surface area contributed by atoms with Gasteiger partial charge in [0.25, 0.3) is 0 Å². The average Bonchev–Trinajstić information content (AvgIpc) is 2.45. The highest BCUT2D eigenvalue weighted by atomic mass is 35.5. The number of rotatable bonds is 6. The zero-order chi connectivity index (χ0) is 14.4. The highest BCUT2D eigenvalue weighted by Crippen LogP contribution is 2.35. The lowest BCUT2D eigenvalue weighted by atomic mass is 9.80. The number of hydrogen-bond donors (Lipinski definition) is 0. The Bertz CT molecular complexity index is 408. The van der Waals surface area contributed by atoms with Crippen LogP contribution in [-0.2, 0) is 0 Å². The summed E-state index contributed by atoms with van der Waals surface area (Å²) in [5, 5.41) is 0.317. The van der Waals surface area contributed by atoms with Crippen molar-refractivity contribution in [1.82, 2.24) is 0 Å². The van der Waals surface area contributed by atoms with Crippen molar-refractivity contribution in [3.05, 3.63) is 24.3 Å². The van der Waals surface area contributed by atoms with Crippen LogP contribution in [-0.4, -0.2) is 18.6 Å². The van der Waals surface area contributed by atoms with Gasteiger partial charge < -0.3 is 9.47 Å². The molecule has 3 heteroatoms. The SMILES string of the molecule is CCOc1ccccc1OCCC1CC(C)CCC1Cl. The lowest BCUT2D eigenvalue weighted by Crippen LogP contribution is -2.25. The second-order valence-corrected chi connectivity index (χ2v) is 6.27. The van der Waals surface area contributed by atoms with Crippen molar-refractivity contribution in [2.45, 2.75) is 44.9 Å². The first-order valence-electron chi connectivity index (χ1n) is 7.69. The number of hydrogen-bond acceptors (Lipinski definition) is 2. The van der Waals surface area contributed by atoms with Crippen LogP contribution >= 0.6 is 11.6 Å². The monoisotopic (exact) mass is 296 g/mol. The van der Waals surface area contributed by atoms with Crippen molar-refractivity contribution in [2.24, 2.45) is 11.8 Å². The van der Waals surface area contributed by atoms with E-state index in [0.29, 0.717) is 24.5 Å². The zero-order valence-corrected chi connectivity index (χ0v) is 13.2. The summed E-state index contributed by atoms with van der Waals surface area (Å²) in [7, 11) is 0. The molecule has 1 fully saturated rings. The van der Waals surface area contributed by atoms with Crippen LogP contribution in [0.25, 0.3) is 0 Å². The molecule has 0 aliphatic heterocycles. The Kier molecular flexibility index (Phi) is 6.03. The van der Waals surface area contributed by atoms with E-state index in [1.54, 1.807) is 0 Å². The molecule has 0 amide bonds. The molecule has 2 nitrogen and oxygen atoms in total. The number of benzene rings is 1. The molecule has 3 atom stereocenters. The van der Waals surface area contributed by atoms with E-state index in [2.05, 4.69) is 6.92 Å². The maximum Gasteiger partial charge on any atom is 0.161 e. The largest absolute Gasteiger partial charge is 0.490 e. The summed E-state index contributed by atoms with van der Waals surface area (Å²) in [6.45, 7) is 5.67. The molecule has 0 spiro atoms. The number of halogens is 1. The quantitative estimate of drug-likeness (QED) is 0.695. The fraction of sp³-hybridized carbons (Fsp3) is 0.647. The van der Waals surface area contributed by atoms with E-state index in [9.17, 15) is 0 Å². The summed E-state index contributed by atoms with van der Waals surface area (Å²) < 4.78 is 11.5. The molecule has 1 aliphatic carbocycles. The molecule has 2 rings (SSSR count). The Hall–Kier alpha value is -0.890. The van der Waals surface area contributed by atoms with Crippen LogP contribution in [0.4, 0.5) is 0 Å². The summed E-state index contributed by atoms with van der Waals surface area (Å²) in [5.74, 6) is 3.05. The van der Waals surface area contributed by atoms with Gasteiger partial charge in [-0.05, 0) is 56.6 Å². The molecular formula is C17H25ClO2. The third kappa shape index (κ3) is 4.31. The van der Waals surface area contributed by atoms with Crippen LogP contribution in [0.5, 0.6) is 11.5 Å². The van der Waals surface area contributed by atoms with Crippen molar-refractivity contribution in [1.29, 1.82) is 0 Å². The Labute approximate surface area is 127 Å². The van der Waals surface area contributed by atoms with Gasteiger partial charge in [0.2, 0.25) is 0 Å². The van der Waals surface area contributed by atoms with Gasteiger partial charge in [-0.15, -0.1) is 11.6 Å². The molecule has 112 valence electrons. The number of para-hydroxylation sites is 2. The maximum absolute atomic E-state index is 6.43. The predicted octanol–water partition coefficient (Wildman–Crippen LogP) is 4.90. The van der Waals surface area contributed by atoms with Crippen LogP contribution in [0.2, 0.25) is 0 Å². The second kappa shape index (κ2) is 7.78. The fourth-order valence-corrected chi connectivity index (χ4v) is 3.28. The lowest BCUT2D eigenvalue weighted by Gasteiger charge is -2.31. The third-order valence-electron chi connectivity index (χ3n) is 4.05. The minimum atomic E-state index is 0.317. The summed E-state index contributed by atoms with van der Waals surface area (Å²) in [5.41, 5.74) is 0. The van der Waals surface area contributed by atoms with Gasteiger partial charge in [-0.25, -0.2) is 0 Å². The van der Waals surface area contributed by atoms with Crippen LogP contribution in [0, 0.1) is 11.8 Å². The van der Waals surface area contributed by atoms with Crippen molar-refractivity contribution in [3.63, 3.8) is 0 Å². The van der Waals surface area contributed by atoms with Crippen molar-refractivity contribution < 1.29 is 9.47 Å². The van der Waals surface area contributed by atoms with Crippen LogP contribution < -0.4 is 9.47 Å². The van der Waals surface area contributed by atoms with Gasteiger partial charge >= 0.3 is 0 Å². The van der Waals surface area contributed by atoms with E-state index in [0.717, 1.165) is 30.3 Å². The second-order valence-electron chi connectivity index (χ2n) is 5.71. The Morgan fingerprint density at radius 2 is 1.85 bits per heavy atom. The molecule has 1 saturated carbocycles. The minimum absolute atomic E-state index is 0.317. The molecule has 3 unspecified atom stereocenters. The molecule has 20 heavy (non-hydrogen) atoms. The summed E-state index contributed by atoms with van der Waals surface area (Å²) in [6, 6.07) is 7.86. The van der Waals surface area contributed by atoms with Crippen molar-refractivity contribution >= 4 is 11.6 Å². The lowest BCUT2D eigenvalue weighted by molar-refractivity contribution is 0.214. The fourth-order valence-electron chi connectivity index (χ4n) is 2.92. The summed E-state index contributed by atoms with van der Waals surface area (Å²) >= 11 is 6.43. The van der Waals surface area contributed by atoms with E-state index in [4.69, 9.17) is 21.1 Å². The normalized spacial score (nSPS) is 26.2. The average molecular weight is 297 g/mol. The van der Waals surface area contributed by atoms with Gasteiger partial charge in [-0.1, -0.05) is 19.1 Å². The van der Waals surface area contributed by atoms with Gasteiger partial charge in [-0.2, -0.15) is 0 Å². The Balaban J connectivity index is 1.83.